The van der Waals surface area contributed by atoms with Gasteiger partial charge in [0, 0.05) is 29.2 Å². The van der Waals surface area contributed by atoms with Crippen LogP contribution in [-0.4, -0.2) is 17.6 Å². The van der Waals surface area contributed by atoms with Gasteiger partial charge >= 0.3 is 0 Å². The van der Waals surface area contributed by atoms with E-state index in [-0.39, 0.29) is 6.04 Å². The van der Waals surface area contributed by atoms with Crippen LogP contribution in [0.4, 0.5) is 5.69 Å². The molecule has 0 saturated heterocycles. The van der Waals surface area contributed by atoms with Gasteiger partial charge in [0.2, 0.25) is 0 Å². The van der Waals surface area contributed by atoms with E-state index in [4.69, 9.17) is 9.15 Å². The van der Waals surface area contributed by atoms with Gasteiger partial charge in [0.25, 0.3) is 0 Å². The molecule has 4 heteroatoms. The number of furan rings is 1. The number of ether oxygens (including phenoxy) is 1. The van der Waals surface area contributed by atoms with Crippen molar-refractivity contribution in [2.45, 2.75) is 40.7 Å². The molecule has 3 aromatic rings. The highest BCUT2D eigenvalue weighted by atomic mass is 16.5. The molecule has 0 amide bonds. The lowest BCUT2D eigenvalue weighted by Crippen LogP contribution is -2.25. The summed E-state index contributed by atoms with van der Waals surface area (Å²) < 4.78 is 11.8. The molecule has 0 saturated carbocycles. The molecule has 0 aliphatic heterocycles. The molecule has 0 atom stereocenters. The number of benzene rings is 1. The second-order valence-electron chi connectivity index (χ2n) is 7.10. The Morgan fingerprint density at radius 1 is 1.16 bits per heavy atom. The maximum absolute atomic E-state index is 6.16. The van der Waals surface area contributed by atoms with Gasteiger partial charge in [-0.2, -0.15) is 0 Å². The van der Waals surface area contributed by atoms with E-state index in [1.54, 1.807) is 18.7 Å². The molecule has 2 heterocycles. The number of aryl methyl sites for hydroxylation is 1. The molecular formula is C21H26N2O2. The number of anilines is 1. The van der Waals surface area contributed by atoms with Crippen LogP contribution < -0.4 is 4.90 Å². The van der Waals surface area contributed by atoms with Crippen LogP contribution in [0.1, 0.15) is 33.3 Å². The van der Waals surface area contributed by atoms with Crippen LogP contribution in [0, 0.1) is 12.8 Å². The molecule has 0 aliphatic carbocycles. The van der Waals surface area contributed by atoms with E-state index in [0.29, 0.717) is 12.5 Å². The summed E-state index contributed by atoms with van der Waals surface area (Å²) in [6, 6.07) is 6.54. The third-order valence-electron chi connectivity index (χ3n) is 4.18. The molecule has 0 aliphatic rings. The van der Waals surface area contributed by atoms with Crippen molar-refractivity contribution in [1.82, 2.24) is 4.98 Å². The van der Waals surface area contributed by atoms with E-state index in [2.05, 4.69) is 56.6 Å². The summed E-state index contributed by atoms with van der Waals surface area (Å²) in [5, 5.41) is 2.20. The number of nitrogens with zero attached hydrogens (tertiary/aromatic N) is 2. The van der Waals surface area contributed by atoms with Gasteiger partial charge in [0.05, 0.1) is 24.8 Å². The molecule has 3 rings (SSSR count). The smallest absolute Gasteiger partial charge is 0.159 e. The standard InChI is InChI=1S/C21H26N2O2/c1-14(2)13-24-11-10-23(15(3)4)20-16(5)6-7-18-17-8-9-22-12-19(17)25-21(18)20/h6-12,14-15H,13H2,1-5H3/b11-10-. The van der Waals surface area contributed by atoms with Gasteiger partial charge in [-0.1, -0.05) is 26.0 Å². The molecule has 0 fully saturated rings. The van der Waals surface area contributed by atoms with Crippen molar-refractivity contribution in [3.63, 3.8) is 0 Å². The number of aromatic nitrogens is 1. The van der Waals surface area contributed by atoms with E-state index < -0.39 is 0 Å². The third-order valence-corrected chi connectivity index (χ3v) is 4.18. The fraction of sp³-hybridized carbons (Fsp3) is 0.381. The fourth-order valence-electron chi connectivity index (χ4n) is 2.96. The summed E-state index contributed by atoms with van der Waals surface area (Å²) >= 11 is 0. The van der Waals surface area contributed by atoms with Crippen molar-refractivity contribution in [3.8, 4) is 0 Å². The van der Waals surface area contributed by atoms with Gasteiger partial charge in [-0.25, -0.2) is 0 Å². The van der Waals surface area contributed by atoms with Crippen molar-refractivity contribution >= 4 is 27.6 Å². The van der Waals surface area contributed by atoms with Gasteiger partial charge in [-0.3, -0.25) is 4.98 Å². The van der Waals surface area contributed by atoms with Crippen molar-refractivity contribution < 1.29 is 9.15 Å². The zero-order valence-electron chi connectivity index (χ0n) is 15.6. The molecule has 132 valence electrons. The van der Waals surface area contributed by atoms with Crippen LogP contribution in [0.25, 0.3) is 21.9 Å². The van der Waals surface area contributed by atoms with Gasteiger partial charge in [-0.05, 0) is 38.3 Å². The van der Waals surface area contributed by atoms with Gasteiger partial charge < -0.3 is 14.1 Å². The molecule has 0 unspecified atom stereocenters. The van der Waals surface area contributed by atoms with Crippen molar-refractivity contribution in [3.05, 3.63) is 48.6 Å². The highest BCUT2D eigenvalue weighted by Crippen LogP contribution is 2.37. The van der Waals surface area contributed by atoms with Crippen LogP contribution in [0.5, 0.6) is 0 Å². The van der Waals surface area contributed by atoms with Crippen molar-refractivity contribution in [1.29, 1.82) is 0 Å². The van der Waals surface area contributed by atoms with Crippen LogP contribution in [-0.2, 0) is 4.74 Å². The van der Waals surface area contributed by atoms with E-state index >= 15 is 0 Å². The first kappa shape index (κ1) is 17.3. The Labute approximate surface area is 149 Å². The molecule has 0 radical (unpaired) electrons. The Hall–Kier alpha value is -2.49. The summed E-state index contributed by atoms with van der Waals surface area (Å²) in [7, 11) is 0. The average Bonchev–Trinajstić information content (AvgIpc) is 2.94. The summed E-state index contributed by atoms with van der Waals surface area (Å²) in [6.07, 6.45) is 7.36. The zero-order chi connectivity index (χ0) is 18.0. The van der Waals surface area contributed by atoms with Crippen LogP contribution in [0.3, 0.4) is 0 Å². The summed E-state index contributed by atoms with van der Waals surface area (Å²) in [6.45, 7) is 11.4. The maximum Gasteiger partial charge on any atom is 0.159 e. The van der Waals surface area contributed by atoms with E-state index in [1.807, 2.05) is 12.3 Å². The first-order valence-corrected chi connectivity index (χ1v) is 8.81. The molecule has 1 aromatic carbocycles. The van der Waals surface area contributed by atoms with E-state index in [0.717, 1.165) is 27.6 Å². The first-order valence-electron chi connectivity index (χ1n) is 8.81. The number of pyridine rings is 1. The van der Waals surface area contributed by atoms with E-state index in [1.165, 1.54) is 5.56 Å². The monoisotopic (exact) mass is 338 g/mol. The van der Waals surface area contributed by atoms with Crippen molar-refractivity contribution in [2.75, 3.05) is 11.5 Å². The molecule has 4 nitrogen and oxygen atoms in total. The Morgan fingerprint density at radius 3 is 2.68 bits per heavy atom. The zero-order valence-corrected chi connectivity index (χ0v) is 15.6. The second kappa shape index (κ2) is 7.18. The lowest BCUT2D eigenvalue weighted by Gasteiger charge is -2.26. The minimum atomic E-state index is 0.273. The lowest BCUT2D eigenvalue weighted by molar-refractivity contribution is 0.210. The molecule has 2 aromatic heterocycles. The van der Waals surface area contributed by atoms with Crippen molar-refractivity contribution in [2.24, 2.45) is 5.92 Å². The number of hydrogen-bond acceptors (Lipinski definition) is 4. The molecule has 25 heavy (non-hydrogen) atoms. The molecule has 0 spiro atoms. The Bertz CT molecular complexity index is 893. The maximum atomic E-state index is 6.16. The highest BCUT2D eigenvalue weighted by Gasteiger charge is 2.19. The SMILES string of the molecule is Cc1ccc2c(oc3cnccc32)c1N(/C=C\OCC(C)C)C(C)C. The first-order chi connectivity index (χ1) is 12.0. The summed E-state index contributed by atoms with van der Waals surface area (Å²) in [5.41, 5.74) is 3.95. The molecular weight excluding hydrogens is 312 g/mol. The topological polar surface area (TPSA) is 38.5 Å². The van der Waals surface area contributed by atoms with Gasteiger partial charge in [-0.15, -0.1) is 0 Å². The van der Waals surface area contributed by atoms with Gasteiger partial charge in [0.1, 0.15) is 0 Å². The lowest BCUT2D eigenvalue weighted by atomic mass is 10.1. The average molecular weight is 338 g/mol. The Balaban J connectivity index is 2.08. The summed E-state index contributed by atoms with van der Waals surface area (Å²) in [4.78, 5) is 6.38. The summed E-state index contributed by atoms with van der Waals surface area (Å²) in [5.74, 6) is 0.505. The number of rotatable bonds is 6. The third kappa shape index (κ3) is 3.48. The fourth-order valence-corrected chi connectivity index (χ4v) is 2.96. The largest absolute Gasteiger partial charge is 0.499 e. The molecule has 0 N–H and O–H groups in total. The van der Waals surface area contributed by atoms with Crippen LogP contribution >= 0.6 is 0 Å². The predicted molar refractivity (Wildman–Crippen MR) is 104 cm³/mol. The molecule has 0 bridgehead atoms. The Morgan fingerprint density at radius 2 is 1.96 bits per heavy atom. The minimum absolute atomic E-state index is 0.273. The van der Waals surface area contributed by atoms with E-state index in [9.17, 15) is 0 Å². The quantitative estimate of drug-likeness (QED) is 0.545. The second-order valence-corrected chi connectivity index (χ2v) is 7.10. The van der Waals surface area contributed by atoms with Crippen LogP contribution in [0.2, 0.25) is 0 Å². The predicted octanol–water partition coefficient (Wildman–Crippen LogP) is 5.65. The minimum Gasteiger partial charge on any atom is -0.499 e. The Kier molecular flexibility index (Phi) is 4.98. The normalized spacial score (nSPS) is 12.1. The number of fused-ring (bicyclic) bond motifs is 3. The highest BCUT2D eigenvalue weighted by molar-refractivity contribution is 6.09. The van der Waals surface area contributed by atoms with Crippen LogP contribution in [0.15, 0.2) is 47.5 Å². The van der Waals surface area contributed by atoms with Gasteiger partial charge in [0.15, 0.2) is 11.2 Å². The number of hydrogen-bond donors (Lipinski definition) is 0.